The van der Waals surface area contributed by atoms with E-state index in [9.17, 15) is 24.0 Å². The van der Waals surface area contributed by atoms with E-state index in [0.717, 1.165) is 37.0 Å². The van der Waals surface area contributed by atoms with E-state index in [1.807, 2.05) is 13.0 Å². The summed E-state index contributed by atoms with van der Waals surface area (Å²) in [6.45, 7) is 7.59. The zero-order valence-corrected chi connectivity index (χ0v) is 25.5. The smallest absolute Gasteiger partial charge is 0.308 e. The predicted molar refractivity (Wildman–Crippen MR) is 155 cm³/mol. The Morgan fingerprint density at radius 2 is 1.43 bits per heavy atom. The highest BCUT2D eigenvalue weighted by Crippen LogP contribution is 2.42. The number of allylic oxidation sites excluding steroid dienone is 1. The van der Waals surface area contributed by atoms with Gasteiger partial charge in [0.25, 0.3) is 0 Å². The molecule has 1 aliphatic heterocycles. The molecule has 44 heavy (non-hydrogen) atoms. The lowest BCUT2D eigenvalue weighted by Crippen LogP contribution is -2.59. The summed E-state index contributed by atoms with van der Waals surface area (Å²) >= 11 is 0. The third-order valence-electron chi connectivity index (χ3n) is 7.13. The van der Waals surface area contributed by atoms with Gasteiger partial charge in [-0.2, -0.15) is 0 Å². The van der Waals surface area contributed by atoms with Crippen LogP contribution in [0.25, 0.3) is 6.08 Å². The summed E-state index contributed by atoms with van der Waals surface area (Å²) < 4.78 is 33.8. The molecule has 234 valence electrons. The quantitative estimate of drug-likeness (QED) is 0.233. The van der Waals surface area contributed by atoms with Gasteiger partial charge in [0, 0.05) is 40.2 Å². The molecule has 1 saturated heterocycles. The second kappa shape index (κ2) is 13.9. The number of benzene rings is 2. The SMILES string of the molecule is CC(=O)OCC1O[C@@H](c2cc(CC3=Cc4cc(C)ccc4C3)ccc2OC(C)=O)[C@H](OC(C)=O)[C@@H](OC(C)=O)[C@@H]1OC(C)=O. The largest absolute Gasteiger partial charge is 0.463 e. The van der Waals surface area contributed by atoms with Gasteiger partial charge in [0.1, 0.15) is 24.6 Å². The van der Waals surface area contributed by atoms with E-state index in [0.29, 0.717) is 12.0 Å². The number of carbonyl (C=O) groups excluding carboxylic acids is 5. The van der Waals surface area contributed by atoms with Crippen LogP contribution in [0, 0.1) is 6.92 Å². The Kier molecular flexibility index (Phi) is 10.2. The average molecular weight is 609 g/mol. The molecule has 1 fully saturated rings. The summed E-state index contributed by atoms with van der Waals surface area (Å²) in [4.78, 5) is 60.5. The van der Waals surface area contributed by atoms with E-state index in [4.69, 9.17) is 28.4 Å². The Morgan fingerprint density at radius 3 is 2.07 bits per heavy atom. The van der Waals surface area contributed by atoms with Crippen LogP contribution in [0.3, 0.4) is 0 Å². The lowest BCUT2D eigenvalue weighted by Gasteiger charge is -2.44. The number of esters is 5. The number of rotatable bonds is 9. The van der Waals surface area contributed by atoms with Crippen LogP contribution in [0.2, 0.25) is 0 Å². The lowest BCUT2D eigenvalue weighted by atomic mass is 9.88. The van der Waals surface area contributed by atoms with Crippen molar-refractivity contribution in [1.29, 1.82) is 0 Å². The van der Waals surface area contributed by atoms with Crippen molar-refractivity contribution in [3.63, 3.8) is 0 Å². The fourth-order valence-corrected chi connectivity index (χ4v) is 5.56. The fourth-order valence-electron chi connectivity index (χ4n) is 5.56. The van der Waals surface area contributed by atoms with E-state index >= 15 is 0 Å². The lowest BCUT2D eigenvalue weighted by molar-refractivity contribution is -0.254. The van der Waals surface area contributed by atoms with Crippen LogP contribution in [-0.2, 0) is 60.5 Å². The minimum atomic E-state index is -1.36. The van der Waals surface area contributed by atoms with Crippen LogP contribution in [0.1, 0.15) is 68.5 Å². The second-order valence-corrected chi connectivity index (χ2v) is 10.9. The van der Waals surface area contributed by atoms with Crippen LogP contribution in [-0.4, -0.2) is 60.9 Å². The number of hydrogen-bond acceptors (Lipinski definition) is 11. The average Bonchev–Trinajstić information content (AvgIpc) is 3.31. The molecule has 0 spiro atoms. The molecule has 1 aliphatic carbocycles. The Labute approximate surface area is 255 Å². The van der Waals surface area contributed by atoms with Gasteiger partial charge in [-0.25, -0.2) is 0 Å². The normalized spacial score (nSPS) is 22.2. The van der Waals surface area contributed by atoms with Crippen LogP contribution < -0.4 is 4.74 Å². The van der Waals surface area contributed by atoms with E-state index < -0.39 is 60.4 Å². The van der Waals surface area contributed by atoms with E-state index in [-0.39, 0.29) is 12.4 Å². The molecular weight excluding hydrogens is 572 g/mol. The second-order valence-electron chi connectivity index (χ2n) is 10.9. The zero-order chi connectivity index (χ0) is 32.1. The van der Waals surface area contributed by atoms with E-state index in [1.54, 1.807) is 12.1 Å². The van der Waals surface area contributed by atoms with Gasteiger partial charge in [-0.3, -0.25) is 24.0 Å². The Balaban J connectivity index is 1.79. The first-order chi connectivity index (χ1) is 20.8. The first kappa shape index (κ1) is 32.4. The van der Waals surface area contributed by atoms with Crippen molar-refractivity contribution >= 4 is 35.9 Å². The molecule has 5 atom stereocenters. The van der Waals surface area contributed by atoms with Crippen molar-refractivity contribution in [2.75, 3.05) is 6.61 Å². The third-order valence-corrected chi connectivity index (χ3v) is 7.13. The summed E-state index contributed by atoms with van der Waals surface area (Å²) in [6, 6.07) is 11.5. The molecule has 0 aromatic heterocycles. The number of aryl methyl sites for hydroxylation is 1. The molecular formula is C33H36O11. The minimum Gasteiger partial charge on any atom is -0.463 e. The van der Waals surface area contributed by atoms with Crippen LogP contribution in [0.4, 0.5) is 0 Å². The molecule has 2 aliphatic rings. The topological polar surface area (TPSA) is 141 Å². The fraction of sp³-hybridized carbons (Fsp3) is 0.424. The van der Waals surface area contributed by atoms with Gasteiger partial charge in [0.2, 0.25) is 0 Å². The molecule has 0 N–H and O–H groups in total. The maximum atomic E-state index is 12.3. The molecule has 2 aromatic carbocycles. The monoisotopic (exact) mass is 608 g/mol. The van der Waals surface area contributed by atoms with Gasteiger partial charge in [-0.1, -0.05) is 41.5 Å². The number of fused-ring (bicyclic) bond motifs is 1. The number of ether oxygens (including phenoxy) is 6. The molecule has 0 saturated carbocycles. The molecule has 0 bridgehead atoms. The predicted octanol–water partition coefficient (Wildman–Crippen LogP) is 3.90. The summed E-state index contributed by atoms with van der Waals surface area (Å²) in [5.74, 6) is -3.30. The Morgan fingerprint density at radius 1 is 0.773 bits per heavy atom. The first-order valence-electron chi connectivity index (χ1n) is 14.2. The first-order valence-corrected chi connectivity index (χ1v) is 14.2. The van der Waals surface area contributed by atoms with E-state index in [2.05, 4.69) is 24.3 Å². The van der Waals surface area contributed by atoms with Gasteiger partial charge in [0.05, 0.1) is 0 Å². The Bertz CT molecular complexity index is 1490. The zero-order valence-electron chi connectivity index (χ0n) is 25.5. The highest BCUT2D eigenvalue weighted by Gasteiger charge is 2.53. The number of carbonyl (C=O) groups is 5. The van der Waals surface area contributed by atoms with Crippen molar-refractivity contribution in [2.24, 2.45) is 0 Å². The van der Waals surface area contributed by atoms with Gasteiger partial charge in [-0.15, -0.1) is 0 Å². The minimum absolute atomic E-state index is 0.126. The molecule has 2 aromatic rings. The molecule has 11 nitrogen and oxygen atoms in total. The summed E-state index contributed by atoms with van der Waals surface area (Å²) in [6.07, 6.45) is -2.85. The molecule has 11 heteroatoms. The van der Waals surface area contributed by atoms with Crippen molar-refractivity contribution in [1.82, 2.24) is 0 Å². The van der Waals surface area contributed by atoms with Crippen molar-refractivity contribution < 1.29 is 52.4 Å². The summed E-state index contributed by atoms with van der Waals surface area (Å²) in [7, 11) is 0. The molecule has 1 heterocycles. The molecule has 0 radical (unpaired) electrons. The highest BCUT2D eigenvalue weighted by atomic mass is 16.7. The van der Waals surface area contributed by atoms with Crippen LogP contribution in [0.5, 0.6) is 5.75 Å². The van der Waals surface area contributed by atoms with Crippen LogP contribution >= 0.6 is 0 Å². The third kappa shape index (κ3) is 8.10. The van der Waals surface area contributed by atoms with Crippen molar-refractivity contribution in [2.45, 2.75) is 84.9 Å². The van der Waals surface area contributed by atoms with Crippen molar-refractivity contribution in [3.8, 4) is 5.75 Å². The highest BCUT2D eigenvalue weighted by molar-refractivity contribution is 5.71. The maximum absolute atomic E-state index is 12.3. The summed E-state index contributed by atoms with van der Waals surface area (Å²) in [5, 5.41) is 0. The molecule has 4 rings (SSSR count). The molecule has 0 amide bonds. The number of hydrogen-bond donors (Lipinski definition) is 0. The van der Waals surface area contributed by atoms with Crippen LogP contribution in [0.15, 0.2) is 42.0 Å². The molecule has 1 unspecified atom stereocenters. The van der Waals surface area contributed by atoms with Gasteiger partial charge >= 0.3 is 29.8 Å². The van der Waals surface area contributed by atoms with E-state index in [1.165, 1.54) is 31.9 Å². The standard InChI is InChI=1S/C33H36O11/c1-17-7-9-25-13-24(14-26(25)11-17)12-23-8-10-28(40-19(3)35)27(15-23)30-32(42-21(5)37)33(43-22(6)38)31(41-20(4)36)29(44-30)16-39-18(2)34/h7-11,14-15,29-33H,12-13,16H2,1-6H3/t29?,30-,31+,32-,33-/m0/s1. The van der Waals surface area contributed by atoms with Gasteiger partial charge in [0.15, 0.2) is 18.3 Å². The van der Waals surface area contributed by atoms with Gasteiger partial charge in [-0.05, 0) is 48.6 Å². The summed E-state index contributed by atoms with van der Waals surface area (Å²) in [5.41, 5.74) is 5.89. The van der Waals surface area contributed by atoms with Gasteiger partial charge < -0.3 is 28.4 Å². The Hall–Kier alpha value is -4.51. The maximum Gasteiger partial charge on any atom is 0.308 e. The van der Waals surface area contributed by atoms with Crippen molar-refractivity contribution in [3.05, 3.63) is 69.8 Å².